The number of hydrogen-bond acceptors (Lipinski definition) is 4. The van der Waals surface area contributed by atoms with Gasteiger partial charge in [-0.05, 0) is 24.1 Å². The average molecular weight is 270 g/mol. The largest absolute Gasteiger partial charge is 0.497 e. The topological polar surface area (TPSA) is 61.2 Å². The molecule has 1 unspecified atom stereocenters. The summed E-state index contributed by atoms with van der Waals surface area (Å²) in [5.41, 5.74) is 1.97. The molecule has 1 aromatic carbocycles. The maximum atomic E-state index is 12.4. The molecule has 1 aromatic heterocycles. The van der Waals surface area contributed by atoms with E-state index in [9.17, 15) is 9.59 Å². The van der Waals surface area contributed by atoms with Crippen LogP contribution in [0.4, 0.5) is 0 Å². The van der Waals surface area contributed by atoms with Crippen LogP contribution in [0.15, 0.2) is 30.6 Å². The Hall–Kier alpha value is -2.43. The number of ketones is 2. The van der Waals surface area contributed by atoms with Gasteiger partial charge in [0, 0.05) is 18.8 Å². The third-order valence-electron chi connectivity index (χ3n) is 3.63. The van der Waals surface area contributed by atoms with Gasteiger partial charge in [0.2, 0.25) is 0 Å². The standard InChI is InChI=1S/C15H14N2O3/c1-17-8-10(7-16-17)14(18)13-5-9-3-4-11(20-2)6-12(9)15(13)19/h3-4,6-8,13H,5H2,1-2H3. The van der Waals surface area contributed by atoms with E-state index in [4.69, 9.17) is 4.74 Å². The third kappa shape index (κ3) is 1.91. The van der Waals surface area contributed by atoms with Gasteiger partial charge in [-0.2, -0.15) is 5.10 Å². The minimum absolute atomic E-state index is 0.132. The van der Waals surface area contributed by atoms with Gasteiger partial charge >= 0.3 is 0 Å². The van der Waals surface area contributed by atoms with E-state index in [1.165, 1.54) is 6.20 Å². The van der Waals surface area contributed by atoms with Crippen LogP contribution in [0.25, 0.3) is 0 Å². The van der Waals surface area contributed by atoms with Crippen LogP contribution in [0.5, 0.6) is 5.75 Å². The lowest BCUT2D eigenvalue weighted by molar-refractivity contribution is 0.0822. The van der Waals surface area contributed by atoms with E-state index in [1.807, 2.05) is 12.1 Å². The third-order valence-corrected chi connectivity index (χ3v) is 3.63. The van der Waals surface area contributed by atoms with Crippen LogP contribution in [0.1, 0.15) is 26.3 Å². The first-order valence-electron chi connectivity index (χ1n) is 6.34. The van der Waals surface area contributed by atoms with Gasteiger partial charge in [-0.1, -0.05) is 6.07 Å². The second kappa shape index (κ2) is 4.59. The number of rotatable bonds is 3. The minimum Gasteiger partial charge on any atom is -0.497 e. The fourth-order valence-electron chi connectivity index (χ4n) is 2.55. The van der Waals surface area contributed by atoms with Crippen molar-refractivity contribution < 1.29 is 14.3 Å². The molecule has 0 spiro atoms. The average Bonchev–Trinajstić information content (AvgIpc) is 3.02. The maximum absolute atomic E-state index is 12.4. The number of aromatic nitrogens is 2. The molecule has 0 saturated carbocycles. The molecule has 0 amide bonds. The molecular weight excluding hydrogens is 256 g/mol. The molecular formula is C15H14N2O3. The first kappa shape index (κ1) is 12.6. The van der Waals surface area contributed by atoms with Gasteiger partial charge in [0.25, 0.3) is 0 Å². The maximum Gasteiger partial charge on any atom is 0.177 e. The molecule has 0 fully saturated rings. The van der Waals surface area contributed by atoms with Crippen LogP contribution in [0.2, 0.25) is 0 Å². The van der Waals surface area contributed by atoms with Crippen molar-refractivity contribution in [1.29, 1.82) is 0 Å². The van der Waals surface area contributed by atoms with Gasteiger partial charge in [-0.3, -0.25) is 14.3 Å². The normalized spacial score (nSPS) is 17.1. The van der Waals surface area contributed by atoms with Crippen molar-refractivity contribution >= 4 is 11.6 Å². The Balaban J connectivity index is 1.92. The Morgan fingerprint density at radius 3 is 2.90 bits per heavy atom. The molecule has 0 radical (unpaired) electrons. The summed E-state index contributed by atoms with van der Waals surface area (Å²) in [6.45, 7) is 0. The first-order chi connectivity index (χ1) is 9.60. The summed E-state index contributed by atoms with van der Waals surface area (Å²) in [5, 5.41) is 3.98. The van der Waals surface area contributed by atoms with E-state index in [0.717, 1.165) is 5.56 Å². The van der Waals surface area contributed by atoms with Gasteiger partial charge < -0.3 is 4.74 Å². The van der Waals surface area contributed by atoms with Crippen molar-refractivity contribution in [3.8, 4) is 5.75 Å². The minimum atomic E-state index is -0.638. The van der Waals surface area contributed by atoms with E-state index < -0.39 is 5.92 Å². The summed E-state index contributed by atoms with van der Waals surface area (Å²) in [6.07, 6.45) is 3.59. The highest BCUT2D eigenvalue weighted by molar-refractivity contribution is 6.18. The van der Waals surface area contributed by atoms with Crippen molar-refractivity contribution in [1.82, 2.24) is 9.78 Å². The summed E-state index contributed by atoms with van der Waals surface area (Å²) < 4.78 is 6.68. The van der Waals surface area contributed by atoms with Gasteiger partial charge in [0.1, 0.15) is 5.75 Å². The Kier molecular flexibility index (Phi) is 2.89. The zero-order chi connectivity index (χ0) is 14.3. The lowest BCUT2D eigenvalue weighted by atomic mass is 9.96. The molecule has 1 aliphatic carbocycles. The second-order valence-corrected chi connectivity index (χ2v) is 4.91. The Morgan fingerprint density at radius 2 is 2.25 bits per heavy atom. The van der Waals surface area contributed by atoms with Crippen molar-refractivity contribution in [2.24, 2.45) is 13.0 Å². The first-order valence-corrected chi connectivity index (χ1v) is 6.34. The number of fused-ring (bicyclic) bond motifs is 1. The van der Waals surface area contributed by atoms with Gasteiger partial charge in [-0.15, -0.1) is 0 Å². The van der Waals surface area contributed by atoms with E-state index in [1.54, 1.807) is 31.1 Å². The Morgan fingerprint density at radius 1 is 1.45 bits per heavy atom. The lowest BCUT2D eigenvalue weighted by Gasteiger charge is -2.04. The summed E-state index contributed by atoms with van der Waals surface area (Å²) in [5.74, 6) is -0.307. The molecule has 1 heterocycles. The summed E-state index contributed by atoms with van der Waals surface area (Å²) in [4.78, 5) is 24.8. The zero-order valence-electron chi connectivity index (χ0n) is 11.3. The lowest BCUT2D eigenvalue weighted by Crippen LogP contribution is -2.20. The van der Waals surface area contributed by atoms with Crippen molar-refractivity contribution in [3.05, 3.63) is 47.3 Å². The predicted octanol–water partition coefficient (Wildman–Crippen LogP) is 1.67. The van der Waals surface area contributed by atoms with E-state index in [2.05, 4.69) is 5.10 Å². The molecule has 0 bridgehead atoms. The molecule has 5 nitrogen and oxygen atoms in total. The van der Waals surface area contributed by atoms with Gasteiger partial charge in [0.05, 0.1) is 24.8 Å². The number of ether oxygens (including phenoxy) is 1. The van der Waals surface area contributed by atoms with Crippen LogP contribution in [-0.2, 0) is 13.5 Å². The zero-order valence-corrected chi connectivity index (χ0v) is 11.3. The number of methoxy groups -OCH3 is 1. The monoisotopic (exact) mass is 270 g/mol. The van der Waals surface area contributed by atoms with Crippen LogP contribution in [-0.4, -0.2) is 28.5 Å². The number of carbonyl (C=O) groups excluding carboxylic acids is 2. The fraction of sp³-hybridized carbons (Fsp3) is 0.267. The molecule has 1 atom stereocenters. The molecule has 5 heteroatoms. The summed E-state index contributed by atoms with van der Waals surface area (Å²) in [6, 6.07) is 5.36. The highest BCUT2D eigenvalue weighted by atomic mass is 16.5. The highest BCUT2D eigenvalue weighted by Gasteiger charge is 2.36. The quantitative estimate of drug-likeness (QED) is 0.628. The number of carbonyl (C=O) groups is 2. The second-order valence-electron chi connectivity index (χ2n) is 4.91. The highest BCUT2D eigenvalue weighted by Crippen LogP contribution is 2.31. The van der Waals surface area contributed by atoms with Gasteiger partial charge in [0.15, 0.2) is 11.6 Å². The SMILES string of the molecule is COc1ccc2c(c1)C(=O)C(C(=O)c1cnn(C)c1)C2. The van der Waals surface area contributed by atoms with Gasteiger partial charge in [-0.25, -0.2) is 0 Å². The molecule has 0 aliphatic heterocycles. The number of nitrogens with zero attached hydrogens (tertiary/aromatic N) is 2. The van der Waals surface area contributed by atoms with Crippen LogP contribution in [0.3, 0.4) is 0 Å². The number of Topliss-reactive ketones (excluding diaryl/α,β-unsaturated/α-hetero) is 2. The van der Waals surface area contributed by atoms with Crippen LogP contribution >= 0.6 is 0 Å². The van der Waals surface area contributed by atoms with Crippen molar-refractivity contribution in [2.45, 2.75) is 6.42 Å². The molecule has 3 rings (SSSR count). The molecule has 0 saturated heterocycles. The molecule has 0 N–H and O–H groups in total. The molecule has 2 aromatic rings. The fourth-order valence-corrected chi connectivity index (χ4v) is 2.55. The predicted molar refractivity (Wildman–Crippen MR) is 72.1 cm³/mol. The number of hydrogen-bond donors (Lipinski definition) is 0. The van der Waals surface area contributed by atoms with E-state index >= 15 is 0 Å². The van der Waals surface area contributed by atoms with Crippen molar-refractivity contribution in [3.63, 3.8) is 0 Å². The number of benzene rings is 1. The molecule has 1 aliphatic rings. The summed E-state index contributed by atoms with van der Waals surface area (Å²) in [7, 11) is 3.30. The Bertz CT molecular complexity index is 703. The molecule has 102 valence electrons. The number of aryl methyl sites for hydroxylation is 1. The Labute approximate surface area is 116 Å². The van der Waals surface area contributed by atoms with E-state index in [-0.39, 0.29) is 11.6 Å². The summed E-state index contributed by atoms with van der Waals surface area (Å²) >= 11 is 0. The molecule has 20 heavy (non-hydrogen) atoms. The van der Waals surface area contributed by atoms with Crippen LogP contribution in [0, 0.1) is 5.92 Å². The van der Waals surface area contributed by atoms with Crippen LogP contribution < -0.4 is 4.74 Å². The van der Waals surface area contributed by atoms with Crippen molar-refractivity contribution in [2.75, 3.05) is 7.11 Å². The van der Waals surface area contributed by atoms with E-state index in [0.29, 0.717) is 23.3 Å². The smallest absolute Gasteiger partial charge is 0.177 e.